The molecule has 0 spiro atoms. The Bertz CT molecular complexity index is 1490. The molecule has 55 heavy (non-hydrogen) atoms. The molecule has 6 fully saturated rings. The van der Waals surface area contributed by atoms with Gasteiger partial charge in [-0.2, -0.15) is 0 Å². The van der Waals surface area contributed by atoms with Gasteiger partial charge >= 0.3 is 5.97 Å². The van der Waals surface area contributed by atoms with Crippen LogP contribution < -0.4 is 0 Å². The number of fused-ring (bicyclic) bond motifs is 7. The molecule has 5 aliphatic carbocycles. The maximum absolute atomic E-state index is 12.7. The molecule has 13 nitrogen and oxygen atoms in total. The van der Waals surface area contributed by atoms with E-state index in [1.54, 1.807) is 5.57 Å². The highest BCUT2D eigenvalue weighted by Crippen LogP contribution is 2.76. The summed E-state index contributed by atoms with van der Waals surface area (Å²) in [6.45, 7) is 15.8. The highest BCUT2D eigenvalue weighted by atomic mass is 16.8. The van der Waals surface area contributed by atoms with Crippen molar-refractivity contribution in [3.05, 3.63) is 11.6 Å². The second-order valence-electron chi connectivity index (χ2n) is 20.5. The quantitative estimate of drug-likeness (QED) is 0.118. The average molecular weight is 781 g/mol. The largest absolute Gasteiger partial charge is 0.467 e. The number of carbonyl (C=O) groups excluding carboxylic acids is 1. The Morgan fingerprint density at radius 2 is 1.51 bits per heavy atom. The molecule has 7 rings (SSSR count). The molecule has 0 aromatic carbocycles. The van der Waals surface area contributed by atoms with Crippen LogP contribution in [0.25, 0.3) is 0 Å². The predicted molar refractivity (Wildman–Crippen MR) is 198 cm³/mol. The lowest BCUT2D eigenvalue weighted by Gasteiger charge is -2.72. The minimum atomic E-state index is -1.78. The van der Waals surface area contributed by atoms with Crippen molar-refractivity contribution in [1.82, 2.24) is 0 Å². The number of hydrogen-bond donors (Lipinski definition) is 7. The third-order valence-electron chi connectivity index (χ3n) is 17.2. The highest BCUT2D eigenvalue weighted by Gasteiger charge is 2.69. The summed E-state index contributed by atoms with van der Waals surface area (Å²) in [4.78, 5) is 12.7. The molecule has 314 valence electrons. The van der Waals surface area contributed by atoms with Gasteiger partial charge in [-0.25, -0.2) is 4.79 Å². The van der Waals surface area contributed by atoms with Crippen LogP contribution in [0.1, 0.15) is 106 Å². The van der Waals surface area contributed by atoms with Crippen molar-refractivity contribution in [2.75, 3.05) is 20.3 Å². The maximum Gasteiger partial charge on any atom is 0.337 e. The standard InChI is InChI=1S/C42H68O13/c1-37(2)17-22-21-9-10-25-39(4)13-12-27(40(5,20-43)24(39)11-14-42(25,7)41(21,6)16-15-38(22,3)26(45)18-37)53-36-33(30(48)29(47)32(54-36)34(50)51-8)55-35-31(49)28(46)23(44)19-52-35/h9,22-33,35-36,43-49H,10-20H2,1-8H3. The number of esters is 1. The van der Waals surface area contributed by atoms with E-state index < -0.39 is 72.8 Å². The summed E-state index contributed by atoms with van der Waals surface area (Å²) < 4.78 is 29.0. The summed E-state index contributed by atoms with van der Waals surface area (Å²) in [5, 5.41) is 76.2. The van der Waals surface area contributed by atoms with E-state index in [9.17, 15) is 40.5 Å². The summed E-state index contributed by atoms with van der Waals surface area (Å²) in [7, 11) is 1.14. The lowest BCUT2D eigenvalue weighted by atomic mass is 9.33. The summed E-state index contributed by atoms with van der Waals surface area (Å²) in [6, 6.07) is 0. The fourth-order valence-electron chi connectivity index (χ4n) is 13.5. The van der Waals surface area contributed by atoms with E-state index in [1.165, 1.54) is 0 Å². The third-order valence-corrected chi connectivity index (χ3v) is 17.2. The van der Waals surface area contributed by atoms with Crippen molar-refractivity contribution < 1.29 is 64.2 Å². The monoisotopic (exact) mass is 780 g/mol. The van der Waals surface area contributed by atoms with Gasteiger partial charge in [-0.15, -0.1) is 0 Å². The molecule has 2 aliphatic heterocycles. The first-order chi connectivity index (χ1) is 25.6. The molecule has 0 bridgehead atoms. The van der Waals surface area contributed by atoms with E-state index in [0.29, 0.717) is 18.3 Å². The molecule has 7 aliphatic rings. The van der Waals surface area contributed by atoms with Crippen molar-refractivity contribution in [2.24, 2.45) is 50.2 Å². The molecule has 7 N–H and O–H groups in total. The second-order valence-corrected chi connectivity index (χ2v) is 20.5. The van der Waals surface area contributed by atoms with Gasteiger partial charge in [0.25, 0.3) is 0 Å². The van der Waals surface area contributed by atoms with Crippen LogP contribution in [-0.4, -0.2) is 130 Å². The van der Waals surface area contributed by atoms with Crippen LogP contribution in [0.4, 0.5) is 0 Å². The molecule has 19 unspecified atom stereocenters. The van der Waals surface area contributed by atoms with Crippen LogP contribution in [0.2, 0.25) is 0 Å². The molecule has 13 heteroatoms. The summed E-state index contributed by atoms with van der Waals surface area (Å²) in [6.07, 6.45) is -4.65. The molecule has 2 heterocycles. The van der Waals surface area contributed by atoms with Crippen LogP contribution in [0, 0.1) is 50.2 Å². The molecular weight excluding hydrogens is 712 g/mol. The third kappa shape index (κ3) is 6.23. The zero-order valence-electron chi connectivity index (χ0n) is 34.0. The molecule has 0 aromatic rings. The van der Waals surface area contributed by atoms with Crippen LogP contribution in [0.3, 0.4) is 0 Å². The molecule has 0 amide bonds. The SMILES string of the molecule is COC(=O)C1OC(OC2CCC3(C)C(CCC4(C)C3CC=C3C5CC(C)(C)CC(O)C5(C)CCC34C)C2(C)CO)C(OC2OCC(O)C(O)C2O)C(O)C1O. The van der Waals surface area contributed by atoms with Gasteiger partial charge in [0, 0.05) is 10.8 Å². The van der Waals surface area contributed by atoms with E-state index in [2.05, 4.69) is 47.6 Å². The fraction of sp³-hybridized carbons (Fsp3) is 0.929. The summed E-state index contributed by atoms with van der Waals surface area (Å²) >= 11 is 0. The van der Waals surface area contributed by atoms with Gasteiger partial charge in [0.2, 0.25) is 0 Å². The zero-order chi connectivity index (χ0) is 40.3. The number of methoxy groups -OCH3 is 1. The molecule has 0 radical (unpaired) electrons. The van der Waals surface area contributed by atoms with Crippen molar-refractivity contribution in [3.63, 3.8) is 0 Å². The van der Waals surface area contributed by atoms with Gasteiger partial charge in [-0.05, 0) is 97.2 Å². The number of rotatable bonds is 6. The molecule has 19 atom stereocenters. The normalized spacial score (nSPS) is 54.9. The summed E-state index contributed by atoms with van der Waals surface area (Å²) in [5.74, 6) is -0.215. The van der Waals surface area contributed by atoms with E-state index in [-0.39, 0.29) is 52.3 Å². The lowest BCUT2D eigenvalue weighted by Crippen LogP contribution is -2.67. The zero-order valence-corrected chi connectivity index (χ0v) is 34.0. The Morgan fingerprint density at radius 1 is 0.800 bits per heavy atom. The van der Waals surface area contributed by atoms with Gasteiger partial charge in [0.05, 0.1) is 32.5 Å². The van der Waals surface area contributed by atoms with Crippen LogP contribution in [0.15, 0.2) is 11.6 Å². The minimum Gasteiger partial charge on any atom is -0.467 e. The van der Waals surface area contributed by atoms with Crippen molar-refractivity contribution in [2.45, 2.75) is 174 Å². The van der Waals surface area contributed by atoms with Gasteiger partial charge in [-0.1, -0.05) is 60.1 Å². The first kappa shape index (κ1) is 41.9. The van der Waals surface area contributed by atoms with Gasteiger partial charge < -0.3 is 59.4 Å². The molecule has 0 aromatic heterocycles. The Hall–Kier alpha value is -1.23. The van der Waals surface area contributed by atoms with E-state index in [0.717, 1.165) is 58.5 Å². The number of hydrogen-bond acceptors (Lipinski definition) is 13. The Balaban J connectivity index is 1.17. The van der Waals surface area contributed by atoms with Crippen LogP contribution >= 0.6 is 0 Å². The number of allylic oxidation sites excluding steroid dienone is 2. The van der Waals surface area contributed by atoms with Crippen molar-refractivity contribution in [1.29, 1.82) is 0 Å². The van der Waals surface area contributed by atoms with Crippen molar-refractivity contribution >= 4 is 5.97 Å². The first-order valence-electron chi connectivity index (χ1n) is 20.7. The smallest absolute Gasteiger partial charge is 0.337 e. The minimum absolute atomic E-state index is 0.00135. The van der Waals surface area contributed by atoms with Gasteiger partial charge in [0.15, 0.2) is 18.7 Å². The Labute approximate surface area is 325 Å². The number of aliphatic hydroxyl groups excluding tert-OH is 7. The van der Waals surface area contributed by atoms with Gasteiger partial charge in [0.1, 0.15) is 36.6 Å². The maximum atomic E-state index is 12.7. The van der Waals surface area contributed by atoms with E-state index in [1.807, 2.05) is 6.92 Å². The van der Waals surface area contributed by atoms with Gasteiger partial charge in [-0.3, -0.25) is 0 Å². The highest BCUT2D eigenvalue weighted by molar-refractivity contribution is 5.75. The molecular formula is C42H68O13. The fourth-order valence-corrected chi connectivity index (χ4v) is 13.5. The summed E-state index contributed by atoms with van der Waals surface area (Å²) in [5.41, 5.74) is 0.516. The first-order valence-corrected chi connectivity index (χ1v) is 20.7. The predicted octanol–water partition coefficient (Wildman–Crippen LogP) is 2.58. The van der Waals surface area contributed by atoms with Crippen LogP contribution in [-0.2, 0) is 28.5 Å². The molecule has 4 saturated carbocycles. The van der Waals surface area contributed by atoms with Crippen LogP contribution in [0.5, 0.6) is 0 Å². The Kier molecular flexibility index (Phi) is 10.8. The number of carbonyl (C=O) groups is 1. The number of aliphatic hydroxyl groups is 7. The molecule has 2 saturated heterocycles. The van der Waals surface area contributed by atoms with E-state index >= 15 is 0 Å². The average Bonchev–Trinajstić information content (AvgIpc) is 3.13. The van der Waals surface area contributed by atoms with E-state index in [4.69, 9.17) is 23.7 Å². The van der Waals surface area contributed by atoms with Crippen molar-refractivity contribution in [3.8, 4) is 0 Å². The lowest BCUT2D eigenvalue weighted by molar-refractivity contribution is -0.367. The number of ether oxygens (including phenoxy) is 5. The Morgan fingerprint density at radius 3 is 2.18 bits per heavy atom. The second kappa shape index (κ2) is 14.2. The topological polar surface area (TPSA) is 205 Å².